The second kappa shape index (κ2) is 5.91. The highest BCUT2D eigenvalue weighted by atomic mass is 35.5. The van der Waals surface area contributed by atoms with Crippen LogP contribution in [0.15, 0.2) is 18.2 Å². The highest BCUT2D eigenvalue weighted by Crippen LogP contribution is 2.28. The van der Waals surface area contributed by atoms with Crippen LogP contribution in [0.4, 0.5) is 0 Å². The molecule has 0 aliphatic carbocycles. The van der Waals surface area contributed by atoms with Crippen LogP contribution in [0.25, 0.3) is 0 Å². The molecule has 0 bridgehead atoms. The summed E-state index contributed by atoms with van der Waals surface area (Å²) in [5.41, 5.74) is 0. The lowest BCUT2D eigenvalue weighted by molar-refractivity contribution is 0.217. The average molecular weight is 299 g/mol. The lowest BCUT2D eigenvalue weighted by atomic mass is 10.3. The molecule has 0 saturated heterocycles. The van der Waals surface area contributed by atoms with Gasteiger partial charge in [-0.25, -0.2) is 0 Å². The van der Waals surface area contributed by atoms with Crippen LogP contribution >= 0.6 is 23.2 Å². The summed E-state index contributed by atoms with van der Waals surface area (Å²) in [4.78, 5) is 0. The molecule has 1 aromatic rings. The van der Waals surface area contributed by atoms with Gasteiger partial charge in [-0.2, -0.15) is 8.42 Å². The van der Waals surface area contributed by atoms with Crippen LogP contribution in [0.5, 0.6) is 5.75 Å². The Morgan fingerprint density at radius 1 is 1.41 bits per heavy atom. The van der Waals surface area contributed by atoms with Crippen molar-refractivity contribution in [1.82, 2.24) is 0 Å². The van der Waals surface area contributed by atoms with E-state index < -0.39 is 16.2 Å². The van der Waals surface area contributed by atoms with Crippen LogP contribution in [0.3, 0.4) is 0 Å². The summed E-state index contributed by atoms with van der Waals surface area (Å²) in [7, 11) is -3.97. The lowest BCUT2D eigenvalue weighted by Gasteiger charge is -2.15. The van der Waals surface area contributed by atoms with E-state index in [1.165, 1.54) is 0 Å². The molecule has 4 nitrogen and oxygen atoms in total. The minimum absolute atomic E-state index is 0.168. The standard InChI is InChI=1S/C10H12Cl2O4S/c1-7(4-5-17(13,14)15)16-10-6-8(11)2-3-9(10)12/h2-3,6-7H,4-5H2,1H3,(H,13,14,15). The molecule has 1 aromatic carbocycles. The molecule has 1 unspecified atom stereocenters. The van der Waals surface area contributed by atoms with Gasteiger partial charge < -0.3 is 4.74 Å². The SMILES string of the molecule is CC(CCS(=O)(=O)O)Oc1cc(Cl)ccc1Cl. The van der Waals surface area contributed by atoms with E-state index in [9.17, 15) is 8.42 Å². The predicted molar refractivity (Wildman–Crippen MR) is 67.6 cm³/mol. The Morgan fingerprint density at radius 3 is 2.65 bits per heavy atom. The Balaban J connectivity index is 2.62. The average Bonchev–Trinajstić information content (AvgIpc) is 2.20. The maximum Gasteiger partial charge on any atom is 0.264 e. The molecule has 0 aliphatic rings. The van der Waals surface area contributed by atoms with Crippen molar-refractivity contribution in [2.75, 3.05) is 5.75 Å². The van der Waals surface area contributed by atoms with Crippen molar-refractivity contribution >= 4 is 33.3 Å². The first-order valence-corrected chi connectivity index (χ1v) is 7.21. The molecule has 0 heterocycles. The Bertz CT molecular complexity index is 487. The highest BCUT2D eigenvalue weighted by molar-refractivity contribution is 7.85. The van der Waals surface area contributed by atoms with Crippen molar-refractivity contribution in [3.8, 4) is 5.75 Å². The number of benzene rings is 1. The van der Waals surface area contributed by atoms with E-state index in [-0.39, 0.29) is 12.2 Å². The molecule has 1 rings (SSSR count). The molecule has 0 fully saturated rings. The summed E-state index contributed by atoms with van der Waals surface area (Å²) in [6.45, 7) is 1.68. The first kappa shape index (κ1) is 14.6. The van der Waals surface area contributed by atoms with Crippen molar-refractivity contribution in [2.24, 2.45) is 0 Å². The molecule has 1 atom stereocenters. The zero-order valence-corrected chi connectivity index (χ0v) is 11.4. The van der Waals surface area contributed by atoms with Crippen LogP contribution < -0.4 is 4.74 Å². The van der Waals surface area contributed by atoms with Gasteiger partial charge in [-0.3, -0.25) is 4.55 Å². The molecule has 0 aromatic heterocycles. The lowest BCUT2D eigenvalue weighted by Crippen LogP contribution is -2.17. The summed E-state index contributed by atoms with van der Waals surface area (Å²) in [5, 5.41) is 0.875. The Kier molecular flexibility index (Phi) is 5.06. The normalized spacial score (nSPS) is 13.4. The smallest absolute Gasteiger partial charge is 0.264 e. The molecule has 96 valence electrons. The van der Waals surface area contributed by atoms with Gasteiger partial charge in [-0.05, 0) is 19.1 Å². The molecule has 17 heavy (non-hydrogen) atoms. The molecule has 1 N–H and O–H groups in total. The largest absolute Gasteiger partial charge is 0.489 e. The summed E-state index contributed by atoms with van der Waals surface area (Å²) >= 11 is 11.7. The zero-order chi connectivity index (χ0) is 13.1. The third kappa shape index (κ3) is 5.59. The van der Waals surface area contributed by atoms with Crippen molar-refractivity contribution in [2.45, 2.75) is 19.4 Å². The molecule has 0 amide bonds. The highest BCUT2D eigenvalue weighted by Gasteiger charge is 2.12. The van der Waals surface area contributed by atoms with Crippen LogP contribution in [-0.2, 0) is 10.1 Å². The minimum Gasteiger partial charge on any atom is -0.489 e. The van der Waals surface area contributed by atoms with E-state index in [2.05, 4.69) is 0 Å². The third-order valence-corrected chi connectivity index (χ3v) is 3.30. The predicted octanol–water partition coefficient (Wildman–Crippen LogP) is 3.04. The van der Waals surface area contributed by atoms with Crippen LogP contribution in [0.2, 0.25) is 10.0 Å². The van der Waals surface area contributed by atoms with Gasteiger partial charge in [0.05, 0.1) is 16.9 Å². The van der Waals surface area contributed by atoms with Crippen LogP contribution in [0, 0.1) is 0 Å². The Morgan fingerprint density at radius 2 is 2.06 bits per heavy atom. The third-order valence-electron chi connectivity index (χ3n) is 2.00. The monoisotopic (exact) mass is 298 g/mol. The molecular weight excluding hydrogens is 287 g/mol. The fraction of sp³-hybridized carbons (Fsp3) is 0.400. The molecule has 7 heteroatoms. The van der Waals surface area contributed by atoms with Crippen molar-refractivity contribution in [1.29, 1.82) is 0 Å². The number of hydrogen-bond acceptors (Lipinski definition) is 3. The number of halogens is 2. The number of hydrogen-bond donors (Lipinski definition) is 1. The maximum absolute atomic E-state index is 10.6. The Labute approximate surface area is 110 Å². The van der Waals surface area contributed by atoms with Crippen LogP contribution in [-0.4, -0.2) is 24.8 Å². The fourth-order valence-corrected chi connectivity index (χ4v) is 2.11. The molecule has 0 aliphatic heterocycles. The summed E-state index contributed by atoms with van der Waals surface area (Å²) in [6.07, 6.45) is -0.227. The van der Waals surface area contributed by atoms with Gasteiger partial charge in [0.1, 0.15) is 5.75 Å². The summed E-state index contributed by atoms with van der Waals surface area (Å²) < 4.78 is 35.2. The van der Waals surface area contributed by atoms with Gasteiger partial charge in [-0.1, -0.05) is 23.2 Å². The van der Waals surface area contributed by atoms with Gasteiger partial charge >= 0.3 is 0 Å². The second-order valence-corrected chi connectivity index (χ2v) is 5.99. The van der Waals surface area contributed by atoms with E-state index in [0.717, 1.165) is 0 Å². The molecule has 0 saturated carbocycles. The fourth-order valence-electron chi connectivity index (χ4n) is 1.16. The second-order valence-electron chi connectivity index (χ2n) is 3.58. The quantitative estimate of drug-likeness (QED) is 0.849. The van der Waals surface area contributed by atoms with Crippen molar-refractivity contribution in [3.63, 3.8) is 0 Å². The van der Waals surface area contributed by atoms with Crippen LogP contribution in [0.1, 0.15) is 13.3 Å². The van der Waals surface area contributed by atoms with E-state index in [0.29, 0.717) is 15.8 Å². The first-order chi connectivity index (χ1) is 7.78. The van der Waals surface area contributed by atoms with E-state index in [1.807, 2.05) is 0 Å². The zero-order valence-electron chi connectivity index (χ0n) is 9.06. The van der Waals surface area contributed by atoms with Gasteiger partial charge in [0.25, 0.3) is 10.1 Å². The van der Waals surface area contributed by atoms with Crippen molar-refractivity contribution in [3.05, 3.63) is 28.2 Å². The molecular formula is C10H12Cl2O4S. The van der Waals surface area contributed by atoms with E-state index in [1.54, 1.807) is 25.1 Å². The molecule has 0 spiro atoms. The maximum atomic E-state index is 10.6. The first-order valence-electron chi connectivity index (χ1n) is 4.85. The van der Waals surface area contributed by atoms with E-state index in [4.69, 9.17) is 32.5 Å². The van der Waals surface area contributed by atoms with Gasteiger partial charge in [-0.15, -0.1) is 0 Å². The number of rotatable bonds is 5. The van der Waals surface area contributed by atoms with Crippen molar-refractivity contribution < 1.29 is 17.7 Å². The molecule has 0 radical (unpaired) electrons. The summed E-state index contributed by atoms with van der Waals surface area (Å²) in [5.74, 6) is 0.0359. The Hall–Kier alpha value is -0.490. The minimum atomic E-state index is -3.97. The van der Waals surface area contributed by atoms with Gasteiger partial charge in [0.15, 0.2) is 0 Å². The topological polar surface area (TPSA) is 63.6 Å². The van der Waals surface area contributed by atoms with Gasteiger partial charge in [0, 0.05) is 17.5 Å². The number of ether oxygens (including phenoxy) is 1. The summed E-state index contributed by atoms with van der Waals surface area (Å²) in [6, 6.07) is 4.77. The van der Waals surface area contributed by atoms with Gasteiger partial charge in [0.2, 0.25) is 0 Å². The van der Waals surface area contributed by atoms with E-state index >= 15 is 0 Å².